The fourth-order valence-corrected chi connectivity index (χ4v) is 2.08. The Labute approximate surface area is 143 Å². The van der Waals surface area contributed by atoms with E-state index < -0.39 is 17.9 Å². The van der Waals surface area contributed by atoms with Crippen LogP contribution in [0.4, 0.5) is 0 Å². The largest absolute Gasteiger partial charge is 0.497 e. The van der Waals surface area contributed by atoms with Crippen LogP contribution in [0, 0.1) is 0 Å². The average molecular weight is 337 g/mol. The first-order chi connectivity index (χ1) is 11.1. The highest BCUT2D eigenvalue weighted by atomic mass is 16.5. The molecule has 1 rings (SSSR count). The van der Waals surface area contributed by atoms with Gasteiger partial charge in [-0.1, -0.05) is 12.1 Å². The predicted octanol–water partition coefficient (Wildman–Crippen LogP) is 2.57. The van der Waals surface area contributed by atoms with Crippen molar-refractivity contribution in [3.05, 3.63) is 29.8 Å². The lowest BCUT2D eigenvalue weighted by molar-refractivity contribution is -0.143. The van der Waals surface area contributed by atoms with Crippen molar-refractivity contribution in [2.75, 3.05) is 13.7 Å². The number of nitrogens with one attached hydrogen (secondary N) is 1. The zero-order valence-corrected chi connectivity index (χ0v) is 15.0. The highest BCUT2D eigenvalue weighted by Gasteiger charge is 2.24. The Bertz CT molecular complexity index is 548. The average Bonchev–Trinajstić information content (AvgIpc) is 2.51. The maximum Gasteiger partial charge on any atom is 0.326 e. The molecule has 0 aliphatic heterocycles. The number of carbonyl (C=O) groups excluding carboxylic acids is 1. The number of hydrogen-bond acceptors (Lipinski definition) is 4. The van der Waals surface area contributed by atoms with Crippen LogP contribution in [-0.4, -0.2) is 42.3 Å². The highest BCUT2D eigenvalue weighted by Crippen LogP contribution is 2.19. The maximum absolute atomic E-state index is 12.3. The SMILES string of the molecule is COc1ccc(C(C)C(=O)NC(CCOC(C)(C)C)C(=O)O)cc1. The molecule has 24 heavy (non-hydrogen) atoms. The van der Waals surface area contributed by atoms with Crippen LogP contribution in [0.5, 0.6) is 5.75 Å². The molecule has 2 N–H and O–H groups in total. The monoisotopic (exact) mass is 337 g/mol. The third kappa shape index (κ3) is 6.58. The van der Waals surface area contributed by atoms with Crippen LogP contribution in [0.15, 0.2) is 24.3 Å². The van der Waals surface area contributed by atoms with Crippen molar-refractivity contribution in [3.8, 4) is 5.75 Å². The molecule has 6 heteroatoms. The van der Waals surface area contributed by atoms with Crippen LogP contribution in [0.2, 0.25) is 0 Å². The summed E-state index contributed by atoms with van der Waals surface area (Å²) in [5, 5.41) is 11.9. The number of aliphatic carboxylic acids is 1. The Kier molecular flexibility index (Phi) is 7.22. The van der Waals surface area contributed by atoms with Crippen LogP contribution >= 0.6 is 0 Å². The van der Waals surface area contributed by atoms with Crippen molar-refractivity contribution in [1.29, 1.82) is 0 Å². The quantitative estimate of drug-likeness (QED) is 0.761. The number of methoxy groups -OCH3 is 1. The summed E-state index contributed by atoms with van der Waals surface area (Å²) in [6, 6.07) is 6.15. The molecule has 134 valence electrons. The summed E-state index contributed by atoms with van der Waals surface area (Å²) in [7, 11) is 1.57. The van der Waals surface area contributed by atoms with Gasteiger partial charge in [-0.05, 0) is 45.4 Å². The summed E-state index contributed by atoms with van der Waals surface area (Å²) in [6.07, 6.45) is 0.216. The Hall–Kier alpha value is -2.08. The summed E-state index contributed by atoms with van der Waals surface area (Å²) in [6.45, 7) is 7.69. The lowest BCUT2D eigenvalue weighted by Gasteiger charge is -2.22. The van der Waals surface area contributed by atoms with Gasteiger partial charge in [0.1, 0.15) is 11.8 Å². The lowest BCUT2D eigenvalue weighted by Crippen LogP contribution is -2.43. The third-order valence-corrected chi connectivity index (χ3v) is 3.57. The molecule has 0 aromatic heterocycles. The fourth-order valence-electron chi connectivity index (χ4n) is 2.08. The third-order valence-electron chi connectivity index (χ3n) is 3.57. The van der Waals surface area contributed by atoms with Crippen LogP contribution in [0.25, 0.3) is 0 Å². The van der Waals surface area contributed by atoms with E-state index >= 15 is 0 Å². The van der Waals surface area contributed by atoms with E-state index in [1.165, 1.54) is 0 Å². The van der Waals surface area contributed by atoms with Crippen LogP contribution < -0.4 is 10.1 Å². The molecule has 0 saturated carbocycles. The summed E-state index contributed by atoms with van der Waals surface area (Å²) in [4.78, 5) is 23.7. The van der Waals surface area contributed by atoms with Crippen molar-refractivity contribution in [1.82, 2.24) is 5.32 Å². The van der Waals surface area contributed by atoms with Gasteiger partial charge in [-0.2, -0.15) is 0 Å². The molecular weight excluding hydrogens is 310 g/mol. The number of carboxylic acids is 1. The molecule has 0 saturated heterocycles. The molecular formula is C18H27NO5. The molecule has 0 spiro atoms. The topological polar surface area (TPSA) is 84.9 Å². The van der Waals surface area contributed by atoms with Crippen molar-refractivity contribution < 1.29 is 24.2 Å². The van der Waals surface area contributed by atoms with E-state index in [-0.39, 0.29) is 24.5 Å². The van der Waals surface area contributed by atoms with E-state index in [1.54, 1.807) is 38.3 Å². The summed E-state index contributed by atoms with van der Waals surface area (Å²) < 4.78 is 10.6. The molecule has 0 bridgehead atoms. The van der Waals surface area contributed by atoms with Crippen LogP contribution in [-0.2, 0) is 14.3 Å². The van der Waals surface area contributed by atoms with Crippen LogP contribution in [0.1, 0.15) is 45.6 Å². The second-order valence-electron chi connectivity index (χ2n) is 6.64. The Morgan fingerprint density at radius 2 is 1.79 bits per heavy atom. The van der Waals surface area contributed by atoms with Crippen molar-refractivity contribution in [2.24, 2.45) is 0 Å². The van der Waals surface area contributed by atoms with Gasteiger partial charge in [0.2, 0.25) is 5.91 Å². The number of benzene rings is 1. The van der Waals surface area contributed by atoms with Gasteiger partial charge in [0, 0.05) is 13.0 Å². The Morgan fingerprint density at radius 3 is 2.25 bits per heavy atom. The zero-order valence-electron chi connectivity index (χ0n) is 15.0. The maximum atomic E-state index is 12.3. The summed E-state index contributed by atoms with van der Waals surface area (Å²) >= 11 is 0. The molecule has 0 aliphatic carbocycles. The number of hydrogen-bond donors (Lipinski definition) is 2. The first-order valence-corrected chi connectivity index (χ1v) is 7.95. The van der Waals surface area contributed by atoms with Gasteiger partial charge in [0.25, 0.3) is 0 Å². The van der Waals surface area contributed by atoms with E-state index in [0.29, 0.717) is 5.75 Å². The van der Waals surface area contributed by atoms with Gasteiger partial charge in [-0.15, -0.1) is 0 Å². The molecule has 2 atom stereocenters. The molecule has 0 heterocycles. The molecule has 0 aliphatic rings. The number of ether oxygens (including phenoxy) is 2. The van der Waals surface area contributed by atoms with Crippen LogP contribution in [0.3, 0.4) is 0 Å². The summed E-state index contributed by atoms with van der Waals surface area (Å²) in [5.41, 5.74) is 0.451. The van der Waals surface area contributed by atoms with E-state index in [2.05, 4.69) is 5.32 Å². The minimum atomic E-state index is -1.07. The Balaban J connectivity index is 2.64. The first kappa shape index (κ1) is 20.0. The smallest absolute Gasteiger partial charge is 0.326 e. The van der Waals surface area contributed by atoms with Gasteiger partial charge in [0.15, 0.2) is 0 Å². The van der Waals surface area contributed by atoms with Crippen molar-refractivity contribution in [2.45, 2.75) is 51.7 Å². The first-order valence-electron chi connectivity index (χ1n) is 7.95. The minimum Gasteiger partial charge on any atom is -0.497 e. The number of rotatable bonds is 8. The fraction of sp³-hybridized carbons (Fsp3) is 0.556. The summed E-state index contributed by atoms with van der Waals surface area (Å²) in [5.74, 6) is -1.15. The molecule has 1 aromatic carbocycles. The molecule has 0 fully saturated rings. The second-order valence-corrected chi connectivity index (χ2v) is 6.64. The number of carbonyl (C=O) groups is 2. The van der Waals surface area contributed by atoms with E-state index in [1.807, 2.05) is 20.8 Å². The van der Waals surface area contributed by atoms with E-state index in [0.717, 1.165) is 5.56 Å². The number of amides is 1. The lowest BCUT2D eigenvalue weighted by atomic mass is 9.99. The molecule has 2 unspecified atom stereocenters. The molecule has 1 amide bonds. The van der Waals surface area contributed by atoms with Crippen molar-refractivity contribution >= 4 is 11.9 Å². The molecule has 6 nitrogen and oxygen atoms in total. The minimum absolute atomic E-state index is 0.216. The zero-order chi connectivity index (χ0) is 18.3. The predicted molar refractivity (Wildman–Crippen MR) is 91.3 cm³/mol. The van der Waals surface area contributed by atoms with Crippen molar-refractivity contribution in [3.63, 3.8) is 0 Å². The standard InChI is InChI=1S/C18H27NO5/c1-12(13-6-8-14(23-5)9-7-13)16(20)19-15(17(21)22)10-11-24-18(2,3)4/h6-9,12,15H,10-11H2,1-5H3,(H,19,20)(H,21,22). The molecule has 1 aromatic rings. The normalized spacial score (nSPS) is 13.9. The van der Waals surface area contributed by atoms with E-state index in [4.69, 9.17) is 9.47 Å². The second kappa shape index (κ2) is 8.68. The molecule has 0 radical (unpaired) electrons. The number of carboxylic acid groups (broad SMARTS) is 1. The van der Waals surface area contributed by atoms with Gasteiger partial charge < -0.3 is 19.9 Å². The van der Waals surface area contributed by atoms with Gasteiger partial charge in [-0.3, -0.25) is 4.79 Å². The Morgan fingerprint density at radius 1 is 1.21 bits per heavy atom. The van der Waals surface area contributed by atoms with E-state index in [9.17, 15) is 14.7 Å². The van der Waals surface area contributed by atoms with Gasteiger partial charge in [0.05, 0.1) is 18.6 Å². The highest BCUT2D eigenvalue weighted by molar-refractivity contribution is 5.87. The van der Waals surface area contributed by atoms with Gasteiger partial charge >= 0.3 is 5.97 Å². The van der Waals surface area contributed by atoms with Gasteiger partial charge in [-0.25, -0.2) is 4.79 Å².